The van der Waals surface area contributed by atoms with Gasteiger partial charge < -0.3 is 5.32 Å². The van der Waals surface area contributed by atoms with Crippen LogP contribution in [-0.2, 0) is 20.2 Å². The normalized spacial score (nSPS) is 11.5. The van der Waals surface area contributed by atoms with E-state index in [1.165, 1.54) is 22.8 Å². The molecule has 2 aromatic heterocycles. The molecule has 8 nitrogen and oxygen atoms in total. The van der Waals surface area contributed by atoms with Crippen LogP contribution >= 0.6 is 11.6 Å². The highest BCUT2D eigenvalue weighted by molar-refractivity contribution is 7.86. The van der Waals surface area contributed by atoms with E-state index in [1.807, 2.05) is 13.0 Å². The van der Waals surface area contributed by atoms with Gasteiger partial charge in [0.2, 0.25) is 0 Å². The van der Waals surface area contributed by atoms with Gasteiger partial charge in [-0.2, -0.15) is 23.3 Å². The van der Waals surface area contributed by atoms with Gasteiger partial charge in [0.05, 0.1) is 29.3 Å². The van der Waals surface area contributed by atoms with Crippen molar-refractivity contribution in [2.75, 3.05) is 18.5 Å². The largest absolute Gasteiger partial charge is 0.370 e. The zero-order chi connectivity index (χ0) is 20.1. The number of nitrogens with zero attached hydrogens (tertiary/aromatic N) is 4. The molecule has 0 radical (unpaired) electrons. The molecular weight excluding hydrogens is 402 g/mol. The van der Waals surface area contributed by atoms with Gasteiger partial charge in [0.25, 0.3) is 10.1 Å². The highest BCUT2D eigenvalue weighted by Crippen LogP contribution is 2.17. The van der Waals surface area contributed by atoms with Crippen LogP contribution in [0.15, 0.2) is 41.4 Å². The van der Waals surface area contributed by atoms with Crippen LogP contribution in [0.25, 0.3) is 5.65 Å². The molecule has 146 valence electrons. The summed E-state index contributed by atoms with van der Waals surface area (Å²) in [7, 11) is -3.78. The van der Waals surface area contributed by atoms with E-state index in [9.17, 15) is 8.42 Å². The minimum atomic E-state index is -3.78. The summed E-state index contributed by atoms with van der Waals surface area (Å²) in [5.74, 6) is 0.808. The Kier molecular flexibility index (Phi) is 6.14. The van der Waals surface area contributed by atoms with Crippen LogP contribution in [-0.4, -0.2) is 36.2 Å². The Morgan fingerprint density at radius 2 is 2.07 bits per heavy atom. The molecule has 0 unspecified atom stereocenters. The fourth-order valence-electron chi connectivity index (χ4n) is 2.52. The van der Waals surface area contributed by atoms with E-state index in [1.54, 1.807) is 18.2 Å². The number of aromatic nitrogens is 3. The molecule has 0 fully saturated rings. The van der Waals surface area contributed by atoms with Gasteiger partial charge >= 0.3 is 0 Å². The molecule has 0 aliphatic heterocycles. The van der Waals surface area contributed by atoms with Crippen molar-refractivity contribution < 1.29 is 12.6 Å². The predicted octanol–water partition coefficient (Wildman–Crippen LogP) is 2.86. The van der Waals surface area contributed by atoms with Crippen LogP contribution < -0.4 is 5.32 Å². The predicted molar refractivity (Wildman–Crippen MR) is 105 cm³/mol. The molecule has 1 aromatic carbocycles. The van der Waals surface area contributed by atoms with E-state index in [0.29, 0.717) is 35.7 Å². The van der Waals surface area contributed by atoms with Crippen molar-refractivity contribution in [1.29, 1.82) is 5.26 Å². The zero-order valence-electron chi connectivity index (χ0n) is 15.1. The first-order chi connectivity index (χ1) is 13.4. The van der Waals surface area contributed by atoms with Gasteiger partial charge in [-0.05, 0) is 25.5 Å². The minimum Gasteiger partial charge on any atom is -0.370 e. The van der Waals surface area contributed by atoms with Gasteiger partial charge in [-0.1, -0.05) is 17.7 Å². The van der Waals surface area contributed by atoms with Crippen molar-refractivity contribution in [3.05, 3.63) is 53.3 Å². The number of fused-ring (bicyclic) bond motifs is 1. The summed E-state index contributed by atoms with van der Waals surface area (Å²) in [6.45, 7) is 2.35. The van der Waals surface area contributed by atoms with Gasteiger partial charge in [-0.3, -0.25) is 4.18 Å². The van der Waals surface area contributed by atoms with Crippen molar-refractivity contribution >= 4 is 33.2 Å². The number of nitriles is 1. The molecular formula is C18H18ClN5O3S. The summed E-state index contributed by atoms with van der Waals surface area (Å²) in [6.07, 6.45) is 1.88. The fourth-order valence-corrected chi connectivity index (χ4v) is 3.60. The summed E-state index contributed by atoms with van der Waals surface area (Å²) < 4.78 is 30.9. The van der Waals surface area contributed by atoms with Crippen LogP contribution in [0.5, 0.6) is 0 Å². The molecule has 3 aromatic rings. The highest BCUT2D eigenvalue weighted by Gasteiger charge is 2.15. The summed E-state index contributed by atoms with van der Waals surface area (Å²) in [5.41, 5.74) is 2.34. The molecule has 0 atom stereocenters. The van der Waals surface area contributed by atoms with Gasteiger partial charge in [-0.25, -0.2) is 4.98 Å². The van der Waals surface area contributed by atoms with Crippen molar-refractivity contribution in [3.63, 3.8) is 0 Å². The first kappa shape index (κ1) is 20.1. The molecule has 0 aliphatic rings. The molecule has 28 heavy (non-hydrogen) atoms. The summed E-state index contributed by atoms with van der Waals surface area (Å²) in [4.78, 5) is 4.44. The topological polar surface area (TPSA) is 109 Å². The van der Waals surface area contributed by atoms with E-state index >= 15 is 0 Å². The molecule has 0 saturated heterocycles. The van der Waals surface area contributed by atoms with Gasteiger partial charge in [-0.15, -0.1) is 11.6 Å². The maximum atomic E-state index is 12.2. The smallest absolute Gasteiger partial charge is 0.296 e. The zero-order valence-corrected chi connectivity index (χ0v) is 16.7. The van der Waals surface area contributed by atoms with E-state index in [0.717, 1.165) is 5.56 Å². The average molecular weight is 420 g/mol. The standard InChI is InChI=1S/C18H18ClN5O3S/c1-13-3-5-16(6-4-13)28(25,26)27-8-2-7-21-17-9-15(10-19)23-18-14(11-20)12-22-24(17)18/h3-6,9,12,21H,2,7-8,10H2,1H3. The number of nitrogens with one attached hydrogen (secondary N) is 1. The van der Waals surface area contributed by atoms with Crippen LogP contribution in [0.3, 0.4) is 0 Å². The number of halogens is 1. The summed E-state index contributed by atoms with van der Waals surface area (Å²) in [6, 6.07) is 10.3. The number of rotatable bonds is 8. The van der Waals surface area contributed by atoms with Crippen molar-refractivity contribution in [2.45, 2.75) is 24.1 Å². The van der Waals surface area contributed by atoms with Gasteiger partial charge in [0.15, 0.2) is 5.65 Å². The van der Waals surface area contributed by atoms with E-state index in [4.69, 9.17) is 21.0 Å². The van der Waals surface area contributed by atoms with E-state index in [2.05, 4.69) is 15.4 Å². The lowest BCUT2D eigenvalue weighted by atomic mass is 10.2. The number of benzene rings is 1. The second kappa shape index (κ2) is 8.56. The Balaban J connectivity index is 1.60. The molecule has 10 heteroatoms. The van der Waals surface area contributed by atoms with Crippen molar-refractivity contribution in [2.24, 2.45) is 0 Å². The van der Waals surface area contributed by atoms with E-state index < -0.39 is 10.1 Å². The molecule has 0 bridgehead atoms. The summed E-state index contributed by atoms with van der Waals surface area (Å²) >= 11 is 5.87. The number of aryl methyl sites for hydroxylation is 1. The second-order valence-corrected chi connectivity index (χ2v) is 7.92. The maximum absolute atomic E-state index is 12.2. The molecule has 3 rings (SSSR count). The van der Waals surface area contributed by atoms with Crippen LogP contribution in [0, 0.1) is 18.3 Å². The lowest BCUT2D eigenvalue weighted by Crippen LogP contribution is -2.13. The minimum absolute atomic E-state index is 0.0301. The summed E-state index contributed by atoms with van der Waals surface area (Å²) in [5, 5.41) is 16.4. The second-order valence-electron chi connectivity index (χ2n) is 6.04. The highest BCUT2D eigenvalue weighted by atomic mass is 35.5. The number of hydrogen-bond donors (Lipinski definition) is 1. The molecule has 0 aliphatic carbocycles. The Bertz CT molecular complexity index is 1120. The first-order valence-corrected chi connectivity index (χ1v) is 10.4. The molecule has 2 heterocycles. The third kappa shape index (κ3) is 4.42. The number of hydrogen-bond acceptors (Lipinski definition) is 7. The van der Waals surface area contributed by atoms with Crippen LogP contribution in [0.4, 0.5) is 5.82 Å². The molecule has 1 N–H and O–H groups in total. The van der Waals surface area contributed by atoms with Gasteiger partial charge in [0.1, 0.15) is 17.5 Å². The Morgan fingerprint density at radius 3 is 2.75 bits per heavy atom. The van der Waals surface area contributed by atoms with Crippen molar-refractivity contribution in [3.8, 4) is 6.07 Å². The Hall–Kier alpha value is -2.67. The lowest BCUT2D eigenvalue weighted by molar-refractivity contribution is 0.316. The van der Waals surface area contributed by atoms with Crippen LogP contribution in [0.1, 0.15) is 23.2 Å². The molecule has 0 amide bonds. The first-order valence-electron chi connectivity index (χ1n) is 8.48. The fraction of sp³-hybridized carbons (Fsp3) is 0.278. The van der Waals surface area contributed by atoms with E-state index in [-0.39, 0.29) is 17.4 Å². The Labute approximate surface area is 167 Å². The SMILES string of the molecule is Cc1ccc(S(=O)(=O)OCCCNc2cc(CCl)nc3c(C#N)cnn23)cc1. The monoisotopic (exact) mass is 419 g/mol. The average Bonchev–Trinajstić information content (AvgIpc) is 3.11. The molecule has 0 saturated carbocycles. The number of anilines is 1. The van der Waals surface area contributed by atoms with Gasteiger partial charge in [0, 0.05) is 12.6 Å². The quantitative estimate of drug-likeness (QED) is 0.339. The van der Waals surface area contributed by atoms with Crippen LogP contribution in [0.2, 0.25) is 0 Å². The lowest BCUT2D eigenvalue weighted by Gasteiger charge is -2.10. The third-order valence-corrected chi connectivity index (χ3v) is 5.56. The van der Waals surface area contributed by atoms with Crippen molar-refractivity contribution in [1.82, 2.24) is 14.6 Å². The molecule has 0 spiro atoms. The third-order valence-electron chi connectivity index (χ3n) is 3.96. The Morgan fingerprint density at radius 1 is 1.32 bits per heavy atom. The number of alkyl halides is 1. The maximum Gasteiger partial charge on any atom is 0.296 e.